The number of nitrogens with zero attached hydrogens (tertiary/aromatic N) is 5. The molecule has 14 heteroatoms. The Morgan fingerprint density at radius 3 is 1.83 bits per heavy atom. The predicted octanol–water partition coefficient (Wildman–Crippen LogP) is 9.99. The number of benzene rings is 4. The first-order valence-corrected chi connectivity index (χ1v) is 27.7. The standard InChI is InChI=1S/C13H17NO2S.C13H18N.C11H13NO2S.C9H6N2.2ClH.Ru/c1-4-10-14(11-5-2)17(15,16)13-8-6-12(3)7-9-13;1-10-8-11(2)13(12(3)9-10)14-6-4-5-7-14;1-10-4-6-11(7-5-10)15(13,14)12-8-2-3-9-12;1-7-3-2-4-8-9(7)11-6-5-10-8;;;/h4-9H,1-2,10-11H2,3H3;6,8-9H,4-5,7H2,1-3H3;2-7H,8-9H2,1H3;1-6H;2*1H;/q;-1;;;;;+2/p-2. The summed E-state index contributed by atoms with van der Waals surface area (Å²) in [6.45, 7) is 22.6. The average molecular weight is 977 g/mol. The number of para-hydroxylation sites is 1. The van der Waals surface area contributed by atoms with E-state index in [0.717, 1.165) is 27.7 Å². The van der Waals surface area contributed by atoms with Crippen molar-refractivity contribution in [1.82, 2.24) is 18.6 Å². The molecule has 3 heterocycles. The zero-order valence-electron chi connectivity index (χ0n) is 34.8. The third-order valence-electron chi connectivity index (χ3n) is 9.36. The first kappa shape index (κ1) is 48.8. The van der Waals surface area contributed by atoms with Crippen LogP contribution in [0.4, 0.5) is 5.69 Å². The average Bonchev–Trinajstić information content (AvgIpc) is 3.95. The maximum absolute atomic E-state index is 12.3. The van der Waals surface area contributed by atoms with Gasteiger partial charge in [-0.25, -0.2) is 23.4 Å². The SMILES string of the molecule is C=CCN(CC=C)S(=O)(=O)c1ccc(C)cc1.Cc1cc(C)c(N2[CH-]CCC2)c(C)c1.Cc1ccc(S(=O)(=O)N2CC=CC2)cc1.[Cl][Ru]([Cl])=[CH]c1cccc2nccnc12. The van der Waals surface area contributed by atoms with Crippen LogP contribution in [0.3, 0.4) is 0 Å². The Labute approximate surface area is 370 Å². The molecule has 2 aliphatic heterocycles. The summed E-state index contributed by atoms with van der Waals surface area (Å²) in [4.78, 5) is 11.5. The quantitative estimate of drug-likeness (QED) is 0.0780. The van der Waals surface area contributed by atoms with Crippen molar-refractivity contribution in [1.29, 1.82) is 0 Å². The van der Waals surface area contributed by atoms with E-state index in [1.54, 1.807) is 60.9 Å². The first-order valence-electron chi connectivity index (χ1n) is 19.3. The molecule has 1 aromatic heterocycles. The van der Waals surface area contributed by atoms with E-state index in [0.29, 0.717) is 22.9 Å². The van der Waals surface area contributed by atoms with E-state index in [4.69, 9.17) is 19.4 Å². The number of aryl methyl sites for hydroxylation is 5. The van der Waals surface area contributed by atoms with Gasteiger partial charge in [-0.2, -0.15) is 15.0 Å². The van der Waals surface area contributed by atoms with E-state index in [1.165, 1.54) is 50.4 Å². The predicted molar refractivity (Wildman–Crippen MR) is 247 cm³/mol. The fourth-order valence-electron chi connectivity index (χ4n) is 6.54. The van der Waals surface area contributed by atoms with E-state index < -0.39 is 33.6 Å². The molecular weight excluding hydrogens is 923 g/mol. The van der Waals surface area contributed by atoms with Crippen molar-refractivity contribution < 1.29 is 30.4 Å². The van der Waals surface area contributed by atoms with Crippen LogP contribution in [-0.2, 0) is 33.6 Å². The van der Waals surface area contributed by atoms with Crippen molar-refractivity contribution >= 4 is 60.8 Å². The fourth-order valence-corrected chi connectivity index (χ4v) is 11.1. The van der Waals surface area contributed by atoms with E-state index in [9.17, 15) is 16.8 Å². The van der Waals surface area contributed by atoms with Gasteiger partial charge in [0.05, 0.1) is 9.79 Å². The molecule has 0 bridgehead atoms. The van der Waals surface area contributed by atoms with Gasteiger partial charge in [-0.05, 0) is 76.6 Å². The van der Waals surface area contributed by atoms with Crippen LogP contribution in [0.5, 0.6) is 0 Å². The number of anilines is 1. The van der Waals surface area contributed by atoms with Gasteiger partial charge < -0.3 is 4.90 Å². The third-order valence-corrected chi connectivity index (χ3v) is 14.9. The number of sulfonamides is 2. The van der Waals surface area contributed by atoms with Crippen molar-refractivity contribution in [3.8, 4) is 0 Å². The normalized spacial score (nSPS) is 14.0. The van der Waals surface area contributed by atoms with Gasteiger partial charge in [0.15, 0.2) is 0 Å². The molecule has 0 radical (unpaired) electrons. The zero-order valence-corrected chi connectivity index (χ0v) is 39.7. The Kier molecular flexibility index (Phi) is 19.0. The van der Waals surface area contributed by atoms with Gasteiger partial charge in [0.25, 0.3) is 0 Å². The van der Waals surface area contributed by atoms with Gasteiger partial charge in [-0.3, -0.25) is 0 Å². The third kappa shape index (κ3) is 13.8. The van der Waals surface area contributed by atoms with Gasteiger partial charge in [-0.15, -0.1) is 13.2 Å². The van der Waals surface area contributed by atoms with Crippen LogP contribution in [0.15, 0.2) is 139 Å². The van der Waals surface area contributed by atoms with Gasteiger partial charge in [-0.1, -0.05) is 83.8 Å². The Balaban J connectivity index is 0.000000177. The van der Waals surface area contributed by atoms with Crippen molar-refractivity contribution in [2.45, 2.75) is 57.3 Å². The van der Waals surface area contributed by atoms with Crippen molar-refractivity contribution in [3.05, 3.63) is 169 Å². The summed E-state index contributed by atoms with van der Waals surface area (Å²) in [5, 5.41) is 0. The fraction of sp³-hybridized carbons (Fsp3) is 0.261. The number of hydrogen-bond acceptors (Lipinski definition) is 7. The molecule has 5 aromatic rings. The minimum absolute atomic E-state index is 0.280. The molecular formula is C46H54Cl2N5O4RuS2-. The number of fused-ring (bicyclic) bond motifs is 1. The van der Waals surface area contributed by atoms with Crippen molar-refractivity contribution in [3.63, 3.8) is 0 Å². The van der Waals surface area contributed by atoms with Crippen LogP contribution >= 0.6 is 19.4 Å². The number of halogens is 2. The summed E-state index contributed by atoms with van der Waals surface area (Å²) in [5.74, 6) is 0. The molecule has 0 saturated carbocycles. The second kappa shape index (κ2) is 23.4. The summed E-state index contributed by atoms with van der Waals surface area (Å²) in [7, 11) is 4.90. The second-order valence-corrected chi connectivity index (χ2v) is 23.8. The molecule has 1 fully saturated rings. The molecule has 0 aliphatic carbocycles. The van der Waals surface area contributed by atoms with Crippen molar-refractivity contribution in [2.24, 2.45) is 0 Å². The van der Waals surface area contributed by atoms with E-state index in [-0.39, 0.29) is 13.1 Å². The molecule has 0 N–H and O–H groups in total. The molecule has 0 unspecified atom stereocenters. The summed E-state index contributed by atoms with van der Waals surface area (Å²) < 4.78 is 53.2. The van der Waals surface area contributed by atoms with E-state index in [2.05, 4.69) is 67.5 Å². The zero-order chi connectivity index (χ0) is 43.9. The van der Waals surface area contributed by atoms with E-state index >= 15 is 0 Å². The van der Waals surface area contributed by atoms with Crippen LogP contribution in [0, 0.1) is 41.2 Å². The van der Waals surface area contributed by atoms with Gasteiger partial charge in [0.1, 0.15) is 0 Å². The molecule has 7 rings (SSSR count). The molecule has 9 nitrogen and oxygen atoms in total. The topological polar surface area (TPSA) is 104 Å². The summed E-state index contributed by atoms with van der Waals surface area (Å²) in [6, 6.07) is 24.1. The molecule has 0 atom stereocenters. The molecule has 60 heavy (non-hydrogen) atoms. The van der Waals surface area contributed by atoms with Gasteiger partial charge in [0.2, 0.25) is 20.0 Å². The Morgan fingerprint density at radius 2 is 1.32 bits per heavy atom. The summed E-state index contributed by atoms with van der Waals surface area (Å²) in [5.41, 5.74) is 10.4. The molecule has 0 spiro atoms. The maximum atomic E-state index is 12.3. The van der Waals surface area contributed by atoms with Crippen LogP contribution in [0.25, 0.3) is 11.0 Å². The number of hydrogen-bond donors (Lipinski definition) is 0. The number of aromatic nitrogens is 2. The summed E-state index contributed by atoms with van der Waals surface area (Å²) >= 11 is -1.79. The van der Waals surface area contributed by atoms with Crippen LogP contribution in [0.1, 0.15) is 46.2 Å². The van der Waals surface area contributed by atoms with E-state index in [1.807, 2.05) is 60.9 Å². The Morgan fingerprint density at radius 1 is 0.767 bits per heavy atom. The molecule has 1 saturated heterocycles. The molecule has 4 aromatic carbocycles. The Bertz CT molecular complexity index is 2460. The Hall–Kier alpha value is -3.87. The van der Waals surface area contributed by atoms with Crippen LogP contribution in [0.2, 0.25) is 0 Å². The van der Waals surface area contributed by atoms with Crippen molar-refractivity contribution in [2.75, 3.05) is 37.6 Å². The monoisotopic (exact) mass is 976 g/mol. The van der Waals surface area contributed by atoms with Gasteiger partial charge >= 0.3 is 94.7 Å². The number of rotatable bonds is 10. The van der Waals surface area contributed by atoms with Crippen LogP contribution < -0.4 is 4.90 Å². The first-order chi connectivity index (χ1) is 28.6. The summed E-state index contributed by atoms with van der Waals surface area (Å²) in [6.07, 6.45) is 12.7. The van der Waals surface area contributed by atoms with Gasteiger partial charge in [0, 0.05) is 31.9 Å². The molecule has 0 amide bonds. The molecule has 2 aliphatic rings. The van der Waals surface area contributed by atoms with Crippen LogP contribution in [-0.4, -0.2) is 72.7 Å². The minimum atomic E-state index is -3.45. The molecule has 322 valence electrons. The second-order valence-electron chi connectivity index (χ2n) is 14.2.